The Labute approximate surface area is 76.5 Å². The normalized spacial score (nSPS) is 19.1. The van der Waals surface area contributed by atoms with Gasteiger partial charge in [-0.25, -0.2) is 0 Å². The first-order chi connectivity index (χ1) is 4.43. The molecule has 0 aromatic rings. The van der Waals surface area contributed by atoms with Gasteiger partial charge in [0.2, 0.25) is 0 Å². The summed E-state index contributed by atoms with van der Waals surface area (Å²) in [7, 11) is 0. The van der Waals surface area contributed by atoms with Gasteiger partial charge >= 0.3 is 0 Å². The van der Waals surface area contributed by atoms with Crippen molar-refractivity contribution in [2.75, 3.05) is 26.3 Å². The molecule has 0 amide bonds. The molecule has 3 heteroatoms. The third-order valence-electron chi connectivity index (χ3n) is 1.32. The summed E-state index contributed by atoms with van der Waals surface area (Å²) in [6.45, 7) is 5.66. The van der Waals surface area contributed by atoms with Gasteiger partial charge in [-0.1, -0.05) is 6.92 Å². The van der Waals surface area contributed by atoms with Crippen LogP contribution in [0.25, 0.3) is 0 Å². The van der Waals surface area contributed by atoms with Crippen molar-refractivity contribution in [3.8, 4) is 0 Å². The summed E-state index contributed by atoms with van der Waals surface area (Å²) in [4.78, 5) is 2.14. The fraction of sp³-hybridized carbons (Fsp3) is 0.714. The Balaban J connectivity index is 0.000000810. The second-order valence-electron chi connectivity index (χ2n) is 2.02. The SMILES string of the molecule is CC=[C-]N1CCOCC1.[W]. The Kier molecular flexibility index (Phi) is 6.05. The summed E-state index contributed by atoms with van der Waals surface area (Å²) in [5, 5.41) is 0. The van der Waals surface area contributed by atoms with Crippen LogP contribution in [0, 0.1) is 6.20 Å². The third kappa shape index (κ3) is 3.38. The molecule has 10 heavy (non-hydrogen) atoms. The van der Waals surface area contributed by atoms with Crippen molar-refractivity contribution in [3.05, 3.63) is 12.3 Å². The summed E-state index contributed by atoms with van der Waals surface area (Å²) in [5.74, 6) is 0. The van der Waals surface area contributed by atoms with Crippen LogP contribution < -0.4 is 0 Å². The van der Waals surface area contributed by atoms with E-state index in [2.05, 4.69) is 11.1 Å². The minimum absolute atomic E-state index is 0. The predicted molar refractivity (Wildman–Crippen MR) is 35.9 cm³/mol. The van der Waals surface area contributed by atoms with E-state index in [4.69, 9.17) is 4.74 Å². The molecule has 0 aromatic carbocycles. The molecular formula is C7H12NOW-. The Morgan fingerprint density at radius 1 is 1.40 bits per heavy atom. The smallest absolute Gasteiger partial charge is 0.0616 e. The van der Waals surface area contributed by atoms with Crippen molar-refractivity contribution >= 4 is 0 Å². The number of morpholine rings is 1. The molecule has 0 aliphatic carbocycles. The van der Waals surface area contributed by atoms with Crippen molar-refractivity contribution in [2.24, 2.45) is 0 Å². The first-order valence-electron chi connectivity index (χ1n) is 3.30. The molecule has 0 spiro atoms. The second-order valence-corrected chi connectivity index (χ2v) is 2.02. The molecule has 0 bridgehead atoms. The van der Waals surface area contributed by atoms with Gasteiger partial charge in [-0.15, -0.1) is 0 Å². The Bertz CT molecular complexity index is 99.8. The second kappa shape index (κ2) is 5.93. The van der Waals surface area contributed by atoms with Crippen molar-refractivity contribution in [3.63, 3.8) is 0 Å². The van der Waals surface area contributed by atoms with Crippen LogP contribution in [0.15, 0.2) is 6.08 Å². The molecule has 1 fully saturated rings. The summed E-state index contributed by atoms with van der Waals surface area (Å²) in [5.41, 5.74) is 0. The molecule has 0 saturated carbocycles. The van der Waals surface area contributed by atoms with E-state index in [1.54, 1.807) is 0 Å². The van der Waals surface area contributed by atoms with Crippen LogP contribution in [0.5, 0.6) is 0 Å². The maximum Gasteiger partial charge on any atom is 0.0616 e. The van der Waals surface area contributed by atoms with Gasteiger partial charge in [0.15, 0.2) is 0 Å². The van der Waals surface area contributed by atoms with E-state index in [0.29, 0.717) is 0 Å². The monoisotopic (exact) mass is 310 g/mol. The number of allylic oxidation sites excluding steroid dienone is 1. The van der Waals surface area contributed by atoms with Crippen LogP contribution in [0.4, 0.5) is 0 Å². The molecule has 58 valence electrons. The van der Waals surface area contributed by atoms with E-state index in [1.807, 2.05) is 13.0 Å². The molecule has 0 aromatic heterocycles. The average molecular weight is 310 g/mol. The summed E-state index contributed by atoms with van der Waals surface area (Å²) in [6.07, 6.45) is 5.05. The summed E-state index contributed by atoms with van der Waals surface area (Å²) >= 11 is 0. The van der Waals surface area contributed by atoms with Gasteiger partial charge in [0, 0.05) is 34.2 Å². The molecular weight excluding hydrogens is 298 g/mol. The van der Waals surface area contributed by atoms with Crippen molar-refractivity contribution in [2.45, 2.75) is 6.92 Å². The van der Waals surface area contributed by atoms with Gasteiger partial charge in [0.1, 0.15) is 0 Å². The number of hydrogen-bond acceptors (Lipinski definition) is 2. The molecule has 1 aliphatic rings. The Morgan fingerprint density at radius 3 is 2.50 bits per heavy atom. The van der Waals surface area contributed by atoms with Gasteiger partial charge in [-0.2, -0.15) is 0 Å². The molecule has 0 unspecified atom stereocenters. The van der Waals surface area contributed by atoms with Gasteiger partial charge in [-0.05, 0) is 0 Å². The maximum absolute atomic E-state index is 5.15. The first-order valence-corrected chi connectivity index (χ1v) is 3.30. The van der Waals surface area contributed by atoms with Crippen molar-refractivity contribution < 1.29 is 25.8 Å². The summed E-state index contributed by atoms with van der Waals surface area (Å²) < 4.78 is 5.15. The van der Waals surface area contributed by atoms with Crippen LogP contribution in [0.2, 0.25) is 0 Å². The number of rotatable bonds is 1. The topological polar surface area (TPSA) is 12.5 Å². The largest absolute Gasteiger partial charge is 0.551 e. The van der Waals surface area contributed by atoms with Crippen LogP contribution in [0.1, 0.15) is 6.92 Å². The predicted octanol–water partition coefficient (Wildman–Crippen LogP) is 0.653. The number of hydrogen-bond donors (Lipinski definition) is 0. The van der Waals surface area contributed by atoms with Gasteiger partial charge in [0.25, 0.3) is 0 Å². The van der Waals surface area contributed by atoms with E-state index >= 15 is 0 Å². The minimum Gasteiger partial charge on any atom is -0.551 e. The van der Waals surface area contributed by atoms with Gasteiger partial charge in [-0.3, -0.25) is 6.08 Å². The van der Waals surface area contributed by atoms with Crippen LogP contribution in [-0.2, 0) is 25.8 Å². The maximum atomic E-state index is 5.15. The molecule has 1 saturated heterocycles. The van der Waals surface area contributed by atoms with Crippen molar-refractivity contribution in [1.29, 1.82) is 0 Å². The zero-order valence-corrected chi connectivity index (χ0v) is 9.10. The molecule has 1 heterocycles. The fourth-order valence-electron chi connectivity index (χ4n) is 0.875. The third-order valence-corrected chi connectivity index (χ3v) is 1.32. The van der Waals surface area contributed by atoms with E-state index in [9.17, 15) is 0 Å². The van der Waals surface area contributed by atoms with E-state index < -0.39 is 0 Å². The molecule has 2 nitrogen and oxygen atoms in total. The molecule has 1 aliphatic heterocycles. The molecule has 1 rings (SSSR count). The van der Waals surface area contributed by atoms with Gasteiger partial charge < -0.3 is 15.8 Å². The number of nitrogens with zero attached hydrogens (tertiary/aromatic N) is 1. The Morgan fingerprint density at radius 2 is 2.00 bits per heavy atom. The first kappa shape index (κ1) is 10.2. The van der Waals surface area contributed by atoms with E-state index in [-0.39, 0.29) is 21.1 Å². The van der Waals surface area contributed by atoms with Crippen molar-refractivity contribution in [1.82, 2.24) is 4.90 Å². The molecule has 0 radical (unpaired) electrons. The Hall–Kier alpha value is 0.188. The van der Waals surface area contributed by atoms with Crippen LogP contribution in [0.3, 0.4) is 0 Å². The zero-order valence-electron chi connectivity index (χ0n) is 6.17. The fourth-order valence-corrected chi connectivity index (χ4v) is 0.875. The molecule has 0 atom stereocenters. The molecule has 0 N–H and O–H groups in total. The number of ether oxygens (including phenoxy) is 1. The van der Waals surface area contributed by atoms with E-state index in [1.165, 1.54) is 0 Å². The minimum atomic E-state index is 0. The average Bonchev–Trinajstić information content (AvgIpc) is 1.91. The zero-order chi connectivity index (χ0) is 6.53. The summed E-state index contributed by atoms with van der Waals surface area (Å²) in [6, 6.07) is 0. The standard InChI is InChI=1S/C7H12NO.W/c1-2-3-8-4-6-9-7-5-8;/h2H,4-7H2,1H3;/q-1;. The van der Waals surface area contributed by atoms with E-state index in [0.717, 1.165) is 26.3 Å². The van der Waals surface area contributed by atoms with Crippen LogP contribution in [-0.4, -0.2) is 31.2 Å². The van der Waals surface area contributed by atoms with Crippen LogP contribution >= 0.6 is 0 Å². The quantitative estimate of drug-likeness (QED) is 0.660. The van der Waals surface area contributed by atoms with Gasteiger partial charge in [0.05, 0.1) is 13.2 Å².